The minimum atomic E-state index is -2.10. The van der Waals surface area contributed by atoms with Gasteiger partial charge in [0, 0.05) is 16.7 Å². The lowest BCUT2D eigenvalue weighted by molar-refractivity contribution is 1.08. The summed E-state index contributed by atoms with van der Waals surface area (Å²) in [5.41, 5.74) is 13.3. The molecule has 0 radical (unpaired) electrons. The molecule has 54 heavy (non-hydrogen) atoms. The summed E-state index contributed by atoms with van der Waals surface area (Å²) >= 11 is 0. The van der Waals surface area contributed by atoms with Gasteiger partial charge in [0.1, 0.15) is 16.1 Å². The number of rotatable bonds is 5. The second-order valence-electron chi connectivity index (χ2n) is 15.6. The third kappa shape index (κ3) is 4.89. The molecule has 10 rings (SSSR count). The van der Waals surface area contributed by atoms with Crippen LogP contribution in [0.15, 0.2) is 164 Å². The van der Waals surface area contributed by atoms with Crippen LogP contribution in [0.5, 0.6) is 0 Å². The third-order valence-electron chi connectivity index (χ3n) is 11.7. The maximum absolute atomic E-state index is 5.51. The van der Waals surface area contributed by atoms with E-state index in [1.165, 1.54) is 65.3 Å². The van der Waals surface area contributed by atoms with Gasteiger partial charge in [-0.3, -0.25) is 0 Å². The van der Waals surface area contributed by atoms with Crippen molar-refractivity contribution in [3.05, 3.63) is 164 Å². The maximum Gasteiger partial charge on any atom is 0.164 e. The fraction of sp³-hybridized carbons (Fsp3) is 0.0816. The van der Waals surface area contributed by atoms with Crippen LogP contribution >= 0.6 is 0 Å². The molecular formula is C49H39N3Si2. The minimum absolute atomic E-state index is 0.683. The highest BCUT2D eigenvalue weighted by atomic mass is 28.3. The first kappa shape index (κ1) is 32.6. The quantitative estimate of drug-likeness (QED) is 0.166. The summed E-state index contributed by atoms with van der Waals surface area (Å²) in [5.74, 6) is 2.10. The molecule has 0 fully saturated rings. The van der Waals surface area contributed by atoms with Crippen molar-refractivity contribution in [3.8, 4) is 78.7 Å². The summed E-state index contributed by atoms with van der Waals surface area (Å²) in [6.45, 7) is 9.96. The topological polar surface area (TPSA) is 38.7 Å². The molecule has 0 aliphatic carbocycles. The van der Waals surface area contributed by atoms with Crippen molar-refractivity contribution in [2.45, 2.75) is 26.2 Å². The van der Waals surface area contributed by atoms with E-state index in [0.29, 0.717) is 17.5 Å². The van der Waals surface area contributed by atoms with Crippen LogP contribution in [0.2, 0.25) is 26.2 Å². The van der Waals surface area contributed by atoms with E-state index in [0.717, 1.165) is 16.7 Å². The number of nitrogens with zero attached hydrogens (tertiary/aromatic N) is 3. The Hall–Kier alpha value is -6.02. The zero-order valence-electron chi connectivity index (χ0n) is 30.9. The Balaban J connectivity index is 1.28. The molecule has 2 aliphatic heterocycles. The van der Waals surface area contributed by atoms with Gasteiger partial charge < -0.3 is 0 Å². The highest BCUT2D eigenvalue weighted by Gasteiger charge is 2.43. The largest absolute Gasteiger partial charge is 0.208 e. The maximum atomic E-state index is 5.51. The Morgan fingerprint density at radius 1 is 0.296 bits per heavy atom. The first-order valence-electron chi connectivity index (χ1n) is 18.8. The predicted molar refractivity (Wildman–Crippen MR) is 231 cm³/mol. The van der Waals surface area contributed by atoms with E-state index >= 15 is 0 Å². The Labute approximate surface area is 319 Å². The zero-order chi connectivity index (χ0) is 36.6. The molecule has 3 nitrogen and oxygen atoms in total. The molecule has 0 bridgehead atoms. The van der Waals surface area contributed by atoms with Gasteiger partial charge in [0.05, 0.1) is 0 Å². The van der Waals surface area contributed by atoms with E-state index in [1.807, 2.05) is 6.07 Å². The van der Waals surface area contributed by atoms with Crippen molar-refractivity contribution in [1.82, 2.24) is 15.0 Å². The molecule has 7 aromatic carbocycles. The van der Waals surface area contributed by atoms with Gasteiger partial charge in [0.2, 0.25) is 0 Å². The number of fused-ring (bicyclic) bond motifs is 6. The molecule has 5 heteroatoms. The monoisotopic (exact) mass is 725 g/mol. The van der Waals surface area contributed by atoms with Gasteiger partial charge in [-0.25, -0.2) is 15.0 Å². The van der Waals surface area contributed by atoms with Crippen LogP contribution in [0.25, 0.3) is 78.7 Å². The lowest BCUT2D eigenvalue weighted by Gasteiger charge is -2.23. The first-order chi connectivity index (χ1) is 26.3. The van der Waals surface area contributed by atoms with Crippen LogP contribution in [0.3, 0.4) is 0 Å². The summed E-state index contributed by atoms with van der Waals surface area (Å²) in [7, 11) is -4.21. The summed E-state index contributed by atoms with van der Waals surface area (Å²) in [6.07, 6.45) is 0. The second-order valence-corrected chi connectivity index (χ2v) is 24.1. The van der Waals surface area contributed by atoms with Crippen molar-refractivity contribution >= 4 is 36.9 Å². The second kappa shape index (κ2) is 12.3. The lowest BCUT2D eigenvalue weighted by atomic mass is 9.93. The molecule has 8 aromatic rings. The van der Waals surface area contributed by atoms with E-state index in [2.05, 4.69) is 184 Å². The lowest BCUT2D eigenvalue weighted by Crippen LogP contribution is -2.50. The molecular weight excluding hydrogens is 687 g/mol. The van der Waals surface area contributed by atoms with E-state index < -0.39 is 16.1 Å². The number of hydrogen-bond donors (Lipinski definition) is 0. The van der Waals surface area contributed by atoms with Crippen LogP contribution in [0, 0.1) is 0 Å². The van der Waals surface area contributed by atoms with Gasteiger partial charge >= 0.3 is 0 Å². The van der Waals surface area contributed by atoms with E-state index in [-0.39, 0.29) is 0 Å². The molecule has 0 saturated heterocycles. The fourth-order valence-corrected chi connectivity index (χ4v) is 16.2. The molecule has 1 aromatic heterocycles. The Morgan fingerprint density at radius 3 is 1.06 bits per heavy atom. The number of aromatic nitrogens is 3. The third-order valence-corrected chi connectivity index (χ3v) is 18.8. The fourth-order valence-electron chi connectivity index (χ4n) is 9.25. The molecule has 0 N–H and O–H groups in total. The highest BCUT2D eigenvalue weighted by molar-refractivity contribution is 7.05. The Bertz CT molecular complexity index is 2590. The smallest absolute Gasteiger partial charge is 0.164 e. The van der Waals surface area contributed by atoms with Gasteiger partial charge in [-0.1, -0.05) is 178 Å². The van der Waals surface area contributed by atoms with Crippen molar-refractivity contribution in [2.75, 3.05) is 0 Å². The summed E-state index contributed by atoms with van der Waals surface area (Å²) < 4.78 is 0. The van der Waals surface area contributed by atoms with Crippen LogP contribution in [0.1, 0.15) is 0 Å². The SMILES string of the molecule is C[Si]1(C)c2ccccc2-c2c(-c3nc(-c4ccccc4)nc(-c4ccc(-c5ccccc5)c5c4-c4ccccc4[Si]5(C)C)n3)ccc(-c3ccccc3)c21. The first-order valence-corrected chi connectivity index (χ1v) is 24.8. The van der Waals surface area contributed by atoms with Gasteiger partial charge in [0.25, 0.3) is 0 Å². The molecule has 258 valence electrons. The van der Waals surface area contributed by atoms with Crippen molar-refractivity contribution in [2.24, 2.45) is 0 Å². The number of benzene rings is 7. The molecule has 0 amide bonds. The average molecular weight is 726 g/mol. The van der Waals surface area contributed by atoms with E-state index in [4.69, 9.17) is 15.0 Å². The van der Waals surface area contributed by atoms with Crippen molar-refractivity contribution in [3.63, 3.8) is 0 Å². The minimum Gasteiger partial charge on any atom is -0.208 e. The normalized spacial score (nSPS) is 14.2. The van der Waals surface area contributed by atoms with Gasteiger partial charge in [0.15, 0.2) is 17.5 Å². The van der Waals surface area contributed by atoms with Crippen LogP contribution in [-0.4, -0.2) is 31.1 Å². The van der Waals surface area contributed by atoms with Crippen molar-refractivity contribution in [1.29, 1.82) is 0 Å². The summed E-state index contributed by atoms with van der Waals surface area (Å²) in [4.78, 5) is 16.2. The van der Waals surface area contributed by atoms with E-state index in [9.17, 15) is 0 Å². The molecule has 3 heterocycles. The summed E-state index contributed by atoms with van der Waals surface area (Å²) in [6, 6.07) is 59.2. The standard InChI is InChI=1S/C49H39N3Si2/c1-53(2)41-26-16-14-24-37(41)43-39(30-28-35(45(43)53)32-18-8-5-9-19-32)48-50-47(34-22-12-7-13-23-34)51-49(52-48)40-31-29-36(33-20-10-6-11-21-33)46-44(40)38-25-15-17-27-42(38)54(46,3)4/h5-31H,1-4H3. The average Bonchev–Trinajstić information content (AvgIpc) is 3.62. The van der Waals surface area contributed by atoms with Crippen LogP contribution in [0.4, 0.5) is 0 Å². The zero-order valence-corrected chi connectivity index (χ0v) is 32.9. The van der Waals surface area contributed by atoms with Crippen molar-refractivity contribution < 1.29 is 0 Å². The Kier molecular flexibility index (Phi) is 7.41. The van der Waals surface area contributed by atoms with Gasteiger partial charge in [-0.15, -0.1) is 0 Å². The number of hydrogen-bond acceptors (Lipinski definition) is 3. The molecule has 0 saturated carbocycles. The van der Waals surface area contributed by atoms with Crippen LogP contribution in [-0.2, 0) is 0 Å². The van der Waals surface area contributed by atoms with Gasteiger partial charge in [-0.05, 0) is 77.4 Å². The Morgan fingerprint density at radius 2 is 0.630 bits per heavy atom. The highest BCUT2D eigenvalue weighted by Crippen LogP contribution is 2.42. The molecule has 0 unspecified atom stereocenters. The molecule has 2 aliphatic rings. The predicted octanol–water partition coefficient (Wildman–Crippen LogP) is 9.81. The summed E-state index contributed by atoms with van der Waals surface area (Å²) in [5, 5.41) is 5.82. The molecule has 0 atom stereocenters. The van der Waals surface area contributed by atoms with E-state index in [1.54, 1.807) is 0 Å². The van der Waals surface area contributed by atoms with Gasteiger partial charge in [-0.2, -0.15) is 0 Å². The van der Waals surface area contributed by atoms with Crippen LogP contribution < -0.4 is 20.7 Å². The molecule has 0 spiro atoms.